The molecule has 0 atom stereocenters. The van der Waals surface area contributed by atoms with Crippen LogP contribution in [-0.2, 0) is 11.2 Å². The third-order valence-corrected chi connectivity index (χ3v) is 6.15. The molecule has 0 radical (unpaired) electrons. The number of hydrogen-bond donors (Lipinski definition) is 0. The first kappa shape index (κ1) is 19.6. The van der Waals surface area contributed by atoms with Crippen molar-refractivity contribution in [1.29, 1.82) is 0 Å². The quantitative estimate of drug-likeness (QED) is 0.590. The number of aryl methyl sites for hydroxylation is 1. The molecule has 150 valence electrons. The Balaban J connectivity index is 1.49. The Labute approximate surface area is 171 Å². The fourth-order valence-electron chi connectivity index (χ4n) is 4.30. The van der Waals surface area contributed by atoms with Crippen LogP contribution in [0.2, 0.25) is 0 Å². The number of alkyl halides is 1. The fourth-order valence-corrected chi connectivity index (χ4v) is 4.30. The molecule has 2 heterocycles. The van der Waals surface area contributed by atoms with E-state index in [1.54, 1.807) is 4.90 Å². The van der Waals surface area contributed by atoms with E-state index < -0.39 is 5.67 Å². The van der Waals surface area contributed by atoms with Crippen LogP contribution in [0, 0.1) is 6.92 Å². The number of carbonyl (C=O) groups excluding carboxylic acids is 1. The first-order chi connectivity index (χ1) is 14.0. The number of amides is 1. The molecule has 29 heavy (non-hydrogen) atoms. The molecule has 0 spiro atoms. The van der Waals surface area contributed by atoms with Crippen molar-refractivity contribution in [2.24, 2.45) is 0 Å². The van der Waals surface area contributed by atoms with Gasteiger partial charge in [-0.2, -0.15) is 0 Å². The minimum Gasteiger partial charge on any atom is -0.342 e. The molecule has 0 bridgehead atoms. The second kappa shape index (κ2) is 7.94. The van der Waals surface area contributed by atoms with E-state index in [9.17, 15) is 4.79 Å². The molecule has 2 aromatic carbocycles. The van der Waals surface area contributed by atoms with Crippen molar-refractivity contribution in [3.05, 3.63) is 65.9 Å². The molecule has 0 aliphatic carbocycles. The SMILES string of the molecule is CCC(=O)N1CCC(F)(Cc2ccc(-c3cnc4ccccc4c3C)cc2)CC1. The molecule has 3 aromatic rings. The summed E-state index contributed by atoms with van der Waals surface area (Å²) < 4.78 is 15.3. The summed E-state index contributed by atoms with van der Waals surface area (Å²) in [6, 6.07) is 16.3. The smallest absolute Gasteiger partial charge is 0.222 e. The number of hydrogen-bond acceptors (Lipinski definition) is 2. The van der Waals surface area contributed by atoms with Crippen molar-refractivity contribution < 1.29 is 9.18 Å². The summed E-state index contributed by atoms with van der Waals surface area (Å²) in [7, 11) is 0. The van der Waals surface area contributed by atoms with Gasteiger partial charge in [0.1, 0.15) is 5.67 Å². The molecular weight excluding hydrogens is 363 g/mol. The van der Waals surface area contributed by atoms with E-state index in [0.29, 0.717) is 38.8 Å². The highest BCUT2D eigenvalue weighted by Crippen LogP contribution is 2.32. The number of likely N-dealkylation sites (tertiary alicyclic amines) is 1. The highest BCUT2D eigenvalue weighted by molar-refractivity contribution is 5.88. The lowest BCUT2D eigenvalue weighted by Crippen LogP contribution is -2.45. The average Bonchev–Trinajstić information content (AvgIpc) is 2.75. The average molecular weight is 391 g/mol. The Kier molecular flexibility index (Phi) is 5.35. The van der Waals surface area contributed by atoms with Crippen LogP contribution in [0.25, 0.3) is 22.0 Å². The van der Waals surface area contributed by atoms with Crippen LogP contribution in [0.1, 0.15) is 37.3 Å². The summed E-state index contributed by atoms with van der Waals surface area (Å²) in [6.45, 7) is 5.01. The van der Waals surface area contributed by atoms with Crippen molar-refractivity contribution in [3.63, 3.8) is 0 Å². The van der Waals surface area contributed by atoms with Crippen molar-refractivity contribution in [2.45, 2.75) is 45.2 Å². The van der Waals surface area contributed by atoms with Crippen LogP contribution in [0.4, 0.5) is 4.39 Å². The van der Waals surface area contributed by atoms with Gasteiger partial charge in [0.05, 0.1) is 5.52 Å². The Morgan fingerprint density at radius 3 is 2.48 bits per heavy atom. The van der Waals surface area contributed by atoms with E-state index >= 15 is 4.39 Å². The number of aromatic nitrogens is 1. The van der Waals surface area contributed by atoms with E-state index in [4.69, 9.17) is 0 Å². The molecule has 1 aliphatic rings. The van der Waals surface area contributed by atoms with Gasteiger partial charge < -0.3 is 4.90 Å². The minimum absolute atomic E-state index is 0.121. The second-order valence-electron chi connectivity index (χ2n) is 8.07. The molecule has 1 aliphatic heterocycles. The highest BCUT2D eigenvalue weighted by atomic mass is 19.1. The van der Waals surface area contributed by atoms with Crippen LogP contribution >= 0.6 is 0 Å². The third kappa shape index (κ3) is 4.02. The van der Waals surface area contributed by atoms with Gasteiger partial charge in [0.2, 0.25) is 5.91 Å². The Hall–Kier alpha value is -2.75. The molecule has 1 amide bonds. The maximum absolute atomic E-state index is 15.3. The summed E-state index contributed by atoms with van der Waals surface area (Å²) in [5.74, 6) is 0.121. The van der Waals surface area contributed by atoms with Crippen LogP contribution in [0.3, 0.4) is 0 Å². The number of halogens is 1. The largest absolute Gasteiger partial charge is 0.342 e. The topological polar surface area (TPSA) is 33.2 Å². The molecule has 4 heteroatoms. The van der Waals surface area contributed by atoms with Gasteiger partial charge in [-0.25, -0.2) is 4.39 Å². The number of fused-ring (bicyclic) bond motifs is 1. The molecule has 1 saturated heterocycles. The summed E-state index contributed by atoms with van der Waals surface area (Å²) in [4.78, 5) is 18.2. The van der Waals surface area contributed by atoms with Crippen LogP contribution < -0.4 is 0 Å². The lowest BCUT2D eigenvalue weighted by atomic mass is 9.86. The van der Waals surface area contributed by atoms with Crippen molar-refractivity contribution in [1.82, 2.24) is 9.88 Å². The Bertz CT molecular complexity index is 1020. The number of carbonyl (C=O) groups is 1. The molecule has 1 fully saturated rings. The maximum atomic E-state index is 15.3. The second-order valence-corrected chi connectivity index (χ2v) is 8.07. The van der Waals surface area contributed by atoms with Crippen LogP contribution in [0.15, 0.2) is 54.7 Å². The van der Waals surface area contributed by atoms with Crippen molar-refractivity contribution in [3.8, 4) is 11.1 Å². The summed E-state index contributed by atoms with van der Waals surface area (Å²) >= 11 is 0. The van der Waals surface area contributed by atoms with Gasteiger partial charge in [-0.15, -0.1) is 0 Å². The molecule has 0 saturated carbocycles. The van der Waals surface area contributed by atoms with Crippen molar-refractivity contribution >= 4 is 16.8 Å². The molecule has 3 nitrogen and oxygen atoms in total. The van der Waals surface area contributed by atoms with E-state index in [-0.39, 0.29) is 5.91 Å². The Morgan fingerprint density at radius 1 is 1.10 bits per heavy atom. The Morgan fingerprint density at radius 2 is 1.79 bits per heavy atom. The van der Waals surface area contributed by atoms with Crippen LogP contribution in [-0.4, -0.2) is 34.5 Å². The number of benzene rings is 2. The zero-order chi connectivity index (χ0) is 20.4. The standard InChI is InChI=1S/C25H27FN2O/c1-3-24(29)28-14-12-25(26,13-15-28)16-19-8-10-20(11-9-19)22-17-27-23-7-5-4-6-21(23)18(22)2/h4-11,17H,3,12-16H2,1-2H3. The number of para-hydroxylation sites is 1. The number of piperidine rings is 1. The number of rotatable bonds is 4. The van der Waals surface area contributed by atoms with Crippen LogP contribution in [0.5, 0.6) is 0 Å². The number of pyridine rings is 1. The fraction of sp³-hybridized carbons (Fsp3) is 0.360. The van der Waals surface area contributed by atoms with Gasteiger partial charge in [-0.3, -0.25) is 9.78 Å². The molecule has 0 unspecified atom stereocenters. The van der Waals surface area contributed by atoms with Gasteiger partial charge in [0.15, 0.2) is 0 Å². The maximum Gasteiger partial charge on any atom is 0.222 e. The molecule has 4 rings (SSSR count). The lowest BCUT2D eigenvalue weighted by molar-refractivity contribution is -0.133. The van der Waals surface area contributed by atoms with Gasteiger partial charge in [-0.1, -0.05) is 49.4 Å². The first-order valence-electron chi connectivity index (χ1n) is 10.4. The predicted octanol–water partition coefficient (Wildman–Crippen LogP) is 5.49. The van der Waals surface area contributed by atoms with E-state index in [0.717, 1.165) is 27.6 Å². The summed E-state index contributed by atoms with van der Waals surface area (Å²) in [6.07, 6.45) is 3.63. The highest BCUT2D eigenvalue weighted by Gasteiger charge is 2.35. The lowest BCUT2D eigenvalue weighted by Gasteiger charge is -2.36. The van der Waals surface area contributed by atoms with E-state index in [2.05, 4.69) is 30.1 Å². The van der Waals surface area contributed by atoms with Gasteiger partial charge >= 0.3 is 0 Å². The van der Waals surface area contributed by atoms with Crippen molar-refractivity contribution in [2.75, 3.05) is 13.1 Å². The first-order valence-corrected chi connectivity index (χ1v) is 10.4. The number of nitrogens with zero attached hydrogens (tertiary/aromatic N) is 2. The van der Waals surface area contributed by atoms with Gasteiger partial charge in [-0.05, 0) is 42.5 Å². The van der Waals surface area contributed by atoms with Gasteiger partial charge in [0.25, 0.3) is 0 Å². The third-order valence-electron chi connectivity index (χ3n) is 6.15. The molecular formula is C25H27FN2O. The predicted molar refractivity (Wildman–Crippen MR) is 116 cm³/mol. The zero-order valence-electron chi connectivity index (χ0n) is 17.1. The molecule has 0 N–H and O–H groups in total. The zero-order valence-corrected chi connectivity index (χ0v) is 17.1. The minimum atomic E-state index is -1.23. The normalized spacial score (nSPS) is 16.2. The van der Waals surface area contributed by atoms with E-state index in [1.165, 1.54) is 5.56 Å². The van der Waals surface area contributed by atoms with Gasteiger partial charge in [0, 0.05) is 43.1 Å². The molecule has 1 aromatic heterocycles. The monoisotopic (exact) mass is 390 g/mol. The summed E-state index contributed by atoms with van der Waals surface area (Å²) in [5.41, 5.74) is 4.18. The summed E-state index contributed by atoms with van der Waals surface area (Å²) in [5, 5.41) is 1.16. The van der Waals surface area contributed by atoms with E-state index in [1.807, 2.05) is 43.5 Å².